The maximum Gasteiger partial charge on any atom is 0.306 e. The van der Waals surface area contributed by atoms with Crippen LogP contribution in [0.1, 0.15) is 44.2 Å². The first-order valence-corrected chi connectivity index (χ1v) is 7.71. The van der Waals surface area contributed by atoms with Gasteiger partial charge in [-0.1, -0.05) is 23.7 Å². The van der Waals surface area contributed by atoms with Crippen LogP contribution in [0, 0.1) is 5.92 Å². The van der Waals surface area contributed by atoms with Crippen LogP contribution in [0.3, 0.4) is 0 Å². The Morgan fingerprint density at radius 1 is 1.38 bits per heavy atom. The molecule has 116 valence electrons. The molecule has 0 bridgehead atoms. The van der Waals surface area contributed by atoms with Crippen LogP contribution in [0.15, 0.2) is 24.3 Å². The zero-order valence-electron chi connectivity index (χ0n) is 12.2. The Balaban J connectivity index is 1.85. The molecule has 1 aromatic rings. The molecule has 1 aromatic carbocycles. The fraction of sp³-hybridized carbons (Fsp3) is 0.562. The number of carbonyl (C=O) groups is 1. The van der Waals surface area contributed by atoms with Crippen LogP contribution >= 0.6 is 11.6 Å². The van der Waals surface area contributed by atoms with E-state index >= 15 is 0 Å². The molecule has 4 nitrogen and oxygen atoms in total. The van der Waals surface area contributed by atoms with Crippen molar-refractivity contribution in [1.82, 2.24) is 5.32 Å². The van der Waals surface area contributed by atoms with E-state index in [1.165, 1.54) is 0 Å². The maximum absolute atomic E-state index is 10.9. The molecule has 0 aromatic heterocycles. The van der Waals surface area contributed by atoms with Gasteiger partial charge in [0.25, 0.3) is 0 Å². The molecule has 1 unspecified atom stereocenters. The predicted molar refractivity (Wildman–Crippen MR) is 82.4 cm³/mol. The van der Waals surface area contributed by atoms with E-state index in [2.05, 4.69) is 5.32 Å². The molecule has 0 saturated heterocycles. The number of aliphatic hydroxyl groups is 1. The summed E-state index contributed by atoms with van der Waals surface area (Å²) in [6.45, 7) is 2.51. The van der Waals surface area contributed by atoms with Gasteiger partial charge >= 0.3 is 5.97 Å². The van der Waals surface area contributed by atoms with Crippen LogP contribution in [-0.2, 0) is 4.79 Å². The zero-order chi connectivity index (χ0) is 15.5. The van der Waals surface area contributed by atoms with Gasteiger partial charge in [-0.3, -0.25) is 4.79 Å². The molecule has 0 heterocycles. The monoisotopic (exact) mass is 311 g/mol. The van der Waals surface area contributed by atoms with Gasteiger partial charge in [0, 0.05) is 17.6 Å². The molecule has 2 rings (SSSR count). The predicted octanol–water partition coefficient (Wildman–Crippen LogP) is 3.00. The lowest BCUT2D eigenvalue weighted by molar-refractivity contribution is -0.144. The molecule has 1 fully saturated rings. The molecule has 1 saturated carbocycles. The summed E-state index contributed by atoms with van der Waals surface area (Å²) in [7, 11) is 0. The van der Waals surface area contributed by atoms with Crippen molar-refractivity contribution < 1.29 is 15.0 Å². The largest absolute Gasteiger partial charge is 0.481 e. The number of halogens is 1. The highest BCUT2D eigenvalue weighted by Crippen LogP contribution is 2.32. The Bertz CT molecular complexity index is 481. The van der Waals surface area contributed by atoms with Gasteiger partial charge < -0.3 is 15.5 Å². The second-order valence-corrected chi connectivity index (χ2v) is 6.43. The van der Waals surface area contributed by atoms with E-state index < -0.39 is 11.6 Å². The van der Waals surface area contributed by atoms with E-state index in [0.29, 0.717) is 37.3 Å². The minimum atomic E-state index is -0.799. The lowest BCUT2D eigenvalue weighted by atomic mass is 9.78. The molecular weight excluding hydrogens is 290 g/mol. The standard InChI is InChI=1S/C16H22ClNO3/c1-11(12-2-4-14(17)5-3-12)18-10-16(21)8-6-13(7-9-16)15(19)20/h2-5,11,13,18,21H,6-10H2,1H3,(H,19,20). The van der Waals surface area contributed by atoms with Gasteiger partial charge in [-0.25, -0.2) is 0 Å². The average Bonchev–Trinajstić information content (AvgIpc) is 2.46. The smallest absolute Gasteiger partial charge is 0.306 e. The molecule has 5 heteroatoms. The van der Waals surface area contributed by atoms with Gasteiger partial charge in [0.1, 0.15) is 0 Å². The normalized spacial score (nSPS) is 27.3. The SMILES string of the molecule is CC(NCC1(O)CCC(C(=O)O)CC1)c1ccc(Cl)cc1. The van der Waals surface area contributed by atoms with E-state index in [9.17, 15) is 9.90 Å². The number of rotatable bonds is 5. The third-order valence-electron chi connectivity index (χ3n) is 4.37. The van der Waals surface area contributed by atoms with Gasteiger partial charge in [-0.05, 0) is 50.3 Å². The summed E-state index contributed by atoms with van der Waals surface area (Å²) in [5.41, 5.74) is 0.314. The molecule has 0 spiro atoms. The number of carboxylic acids is 1. The van der Waals surface area contributed by atoms with Crippen LogP contribution in [-0.4, -0.2) is 28.3 Å². The summed E-state index contributed by atoms with van der Waals surface area (Å²) >= 11 is 5.87. The van der Waals surface area contributed by atoms with E-state index in [1.54, 1.807) is 0 Å². The number of benzene rings is 1. The van der Waals surface area contributed by atoms with Crippen LogP contribution in [0.4, 0.5) is 0 Å². The lowest BCUT2D eigenvalue weighted by Gasteiger charge is -2.35. The fourth-order valence-corrected chi connectivity index (χ4v) is 2.92. The Morgan fingerprint density at radius 2 is 1.95 bits per heavy atom. The van der Waals surface area contributed by atoms with Crippen LogP contribution in [0.25, 0.3) is 0 Å². The highest BCUT2D eigenvalue weighted by molar-refractivity contribution is 6.30. The third-order valence-corrected chi connectivity index (χ3v) is 4.62. The van der Waals surface area contributed by atoms with Crippen molar-refractivity contribution in [1.29, 1.82) is 0 Å². The Hall–Kier alpha value is -1.10. The second-order valence-electron chi connectivity index (χ2n) is 5.99. The van der Waals surface area contributed by atoms with Crippen molar-refractivity contribution in [3.05, 3.63) is 34.9 Å². The van der Waals surface area contributed by atoms with Gasteiger partial charge in [-0.2, -0.15) is 0 Å². The first-order chi connectivity index (χ1) is 9.89. The van der Waals surface area contributed by atoms with E-state index in [-0.39, 0.29) is 12.0 Å². The Kier molecular flexibility index (Phi) is 5.25. The third kappa shape index (κ3) is 4.43. The number of carboxylic acid groups (broad SMARTS) is 1. The summed E-state index contributed by atoms with van der Waals surface area (Å²) in [4.78, 5) is 10.9. The second kappa shape index (κ2) is 6.77. The molecule has 1 atom stereocenters. The number of hydrogen-bond acceptors (Lipinski definition) is 3. The minimum Gasteiger partial charge on any atom is -0.481 e. The first-order valence-electron chi connectivity index (χ1n) is 7.34. The number of aliphatic carboxylic acids is 1. The van der Waals surface area contributed by atoms with Gasteiger partial charge in [0.2, 0.25) is 0 Å². The molecule has 21 heavy (non-hydrogen) atoms. The van der Waals surface area contributed by atoms with Crippen LogP contribution < -0.4 is 5.32 Å². The van der Waals surface area contributed by atoms with Crippen LogP contribution in [0.2, 0.25) is 5.02 Å². The quantitative estimate of drug-likeness (QED) is 0.782. The summed E-state index contributed by atoms with van der Waals surface area (Å²) in [6.07, 6.45) is 2.15. The highest BCUT2D eigenvalue weighted by atomic mass is 35.5. The van der Waals surface area contributed by atoms with E-state index in [0.717, 1.165) is 5.56 Å². The summed E-state index contributed by atoms with van der Waals surface area (Å²) in [5.74, 6) is -1.06. The lowest BCUT2D eigenvalue weighted by Crippen LogP contribution is -2.45. The van der Waals surface area contributed by atoms with Crippen molar-refractivity contribution in [3.63, 3.8) is 0 Å². The van der Waals surface area contributed by atoms with E-state index in [1.807, 2.05) is 31.2 Å². The fourth-order valence-electron chi connectivity index (χ4n) is 2.79. The van der Waals surface area contributed by atoms with Gasteiger partial charge in [0.15, 0.2) is 0 Å². The average molecular weight is 312 g/mol. The van der Waals surface area contributed by atoms with E-state index in [4.69, 9.17) is 16.7 Å². The van der Waals surface area contributed by atoms with Crippen molar-refractivity contribution in [2.45, 2.75) is 44.2 Å². The topological polar surface area (TPSA) is 69.6 Å². The van der Waals surface area contributed by atoms with Crippen molar-refractivity contribution in [3.8, 4) is 0 Å². The Labute approximate surface area is 130 Å². The number of hydrogen-bond donors (Lipinski definition) is 3. The molecule has 1 aliphatic rings. The van der Waals surface area contributed by atoms with Crippen molar-refractivity contribution >= 4 is 17.6 Å². The number of nitrogens with one attached hydrogen (secondary N) is 1. The molecule has 1 aliphatic carbocycles. The molecular formula is C16H22ClNO3. The van der Waals surface area contributed by atoms with Gasteiger partial charge in [-0.15, -0.1) is 0 Å². The summed E-state index contributed by atoms with van der Waals surface area (Å²) < 4.78 is 0. The molecule has 0 radical (unpaired) electrons. The van der Waals surface area contributed by atoms with Gasteiger partial charge in [0.05, 0.1) is 11.5 Å². The minimum absolute atomic E-state index is 0.114. The maximum atomic E-state index is 10.9. The first kappa shape index (κ1) is 16.3. The Morgan fingerprint density at radius 3 is 2.48 bits per heavy atom. The summed E-state index contributed by atoms with van der Waals surface area (Å²) in [5, 5.41) is 23.6. The molecule has 3 N–H and O–H groups in total. The van der Waals surface area contributed by atoms with Crippen molar-refractivity contribution in [2.24, 2.45) is 5.92 Å². The molecule has 0 aliphatic heterocycles. The highest BCUT2D eigenvalue weighted by Gasteiger charge is 2.35. The summed E-state index contributed by atoms with van der Waals surface area (Å²) in [6, 6.07) is 7.74. The van der Waals surface area contributed by atoms with Crippen LogP contribution in [0.5, 0.6) is 0 Å². The van der Waals surface area contributed by atoms with Crippen molar-refractivity contribution in [2.75, 3.05) is 6.54 Å². The zero-order valence-corrected chi connectivity index (χ0v) is 12.9. The molecule has 0 amide bonds.